The molecule has 0 aromatic heterocycles. The van der Waals surface area contributed by atoms with Crippen LogP contribution in [0.5, 0.6) is 5.75 Å². The average Bonchev–Trinajstić information content (AvgIpc) is 2.73. The Balaban J connectivity index is 1.39. The van der Waals surface area contributed by atoms with Crippen LogP contribution in [0.25, 0.3) is 0 Å². The number of piperazine rings is 1. The van der Waals surface area contributed by atoms with Crippen LogP contribution in [0, 0.1) is 11.7 Å². The molecule has 0 radical (unpaired) electrons. The van der Waals surface area contributed by atoms with Gasteiger partial charge in [-0.2, -0.15) is 4.31 Å². The van der Waals surface area contributed by atoms with Gasteiger partial charge in [0, 0.05) is 31.2 Å². The molecule has 0 N–H and O–H groups in total. The second-order valence-electron chi connectivity index (χ2n) is 7.15. The van der Waals surface area contributed by atoms with Crippen LogP contribution in [0.3, 0.4) is 0 Å². The molecule has 2 aliphatic rings. The molecular formula is C20H20ClFN2O4S. The minimum atomic E-state index is -3.71. The summed E-state index contributed by atoms with van der Waals surface area (Å²) in [6.45, 7) is 1.29. The van der Waals surface area contributed by atoms with E-state index in [2.05, 4.69) is 0 Å². The summed E-state index contributed by atoms with van der Waals surface area (Å²) in [7, 11) is -3.71. The highest BCUT2D eigenvalue weighted by atomic mass is 35.5. The maximum atomic E-state index is 13.1. The second-order valence-corrected chi connectivity index (χ2v) is 9.52. The zero-order chi connectivity index (χ0) is 20.6. The summed E-state index contributed by atoms with van der Waals surface area (Å²) in [4.78, 5) is 14.6. The fourth-order valence-corrected chi connectivity index (χ4v) is 5.30. The Kier molecular flexibility index (Phi) is 5.50. The third-order valence-electron chi connectivity index (χ3n) is 5.28. The molecule has 1 fully saturated rings. The standard InChI is InChI=1S/C20H20ClFN2O4S/c21-16-1-6-19-14(12-16)11-15(13-28-19)20(25)23-7-9-24(10-8-23)29(26,27)18-4-2-17(22)3-5-18/h1-6,12,15H,7-11,13H2/t15-/m1/s1. The summed E-state index contributed by atoms with van der Waals surface area (Å²) in [6.07, 6.45) is 0.544. The highest BCUT2D eigenvalue weighted by Gasteiger charge is 2.34. The summed E-state index contributed by atoms with van der Waals surface area (Å²) < 4.78 is 45.5. The van der Waals surface area contributed by atoms with Crippen LogP contribution in [0.1, 0.15) is 5.56 Å². The number of fused-ring (bicyclic) bond motifs is 1. The van der Waals surface area contributed by atoms with Gasteiger partial charge in [-0.05, 0) is 54.4 Å². The van der Waals surface area contributed by atoms with Crippen LogP contribution in [0.15, 0.2) is 47.4 Å². The minimum Gasteiger partial charge on any atom is -0.492 e. The number of ether oxygens (including phenoxy) is 1. The summed E-state index contributed by atoms with van der Waals surface area (Å²) in [5.74, 6) is -0.110. The topological polar surface area (TPSA) is 66.9 Å². The zero-order valence-corrected chi connectivity index (χ0v) is 17.1. The van der Waals surface area contributed by atoms with Crippen molar-refractivity contribution in [1.82, 2.24) is 9.21 Å². The minimum absolute atomic E-state index is 0.0468. The van der Waals surface area contributed by atoms with E-state index in [1.807, 2.05) is 6.07 Å². The molecule has 0 aliphatic carbocycles. The lowest BCUT2D eigenvalue weighted by atomic mass is 9.95. The fourth-order valence-electron chi connectivity index (χ4n) is 3.68. The van der Waals surface area contributed by atoms with Gasteiger partial charge in [-0.1, -0.05) is 11.6 Å². The summed E-state index contributed by atoms with van der Waals surface area (Å²) >= 11 is 6.04. The fraction of sp³-hybridized carbons (Fsp3) is 0.350. The Morgan fingerprint density at radius 2 is 1.76 bits per heavy atom. The Labute approximate surface area is 173 Å². The predicted octanol–water partition coefficient (Wildman–Crippen LogP) is 2.56. The van der Waals surface area contributed by atoms with Gasteiger partial charge in [-0.15, -0.1) is 0 Å². The third-order valence-corrected chi connectivity index (χ3v) is 7.43. The number of nitrogens with zero attached hydrogens (tertiary/aromatic N) is 2. The number of hydrogen-bond acceptors (Lipinski definition) is 4. The number of carbonyl (C=O) groups excluding carboxylic acids is 1. The number of rotatable bonds is 3. The number of sulfonamides is 1. The van der Waals surface area contributed by atoms with Crippen molar-refractivity contribution < 1.29 is 22.3 Å². The molecule has 6 nitrogen and oxygen atoms in total. The molecule has 2 aromatic rings. The molecule has 29 heavy (non-hydrogen) atoms. The molecule has 0 spiro atoms. The normalized spacial score (nSPS) is 20.1. The van der Waals surface area contributed by atoms with E-state index < -0.39 is 15.8 Å². The van der Waals surface area contributed by atoms with Gasteiger partial charge in [-0.3, -0.25) is 4.79 Å². The predicted molar refractivity (Wildman–Crippen MR) is 106 cm³/mol. The molecule has 0 bridgehead atoms. The van der Waals surface area contributed by atoms with Crippen LogP contribution in [0.4, 0.5) is 4.39 Å². The molecule has 1 saturated heterocycles. The van der Waals surface area contributed by atoms with Crippen molar-refractivity contribution in [2.45, 2.75) is 11.3 Å². The van der Waals surface area contributed by atoms with Crippen molar-refractivity contribution in [3.63, 3.8) is 0 Å². The number of benzene rings is 2. The Morgan fingerprint density at radius 1 is 1.07 bits per heavy atom. The van der Waals surface area contributed by atoms with Gasteiger partial charge in [0.05, 0.1) is 10.8 Å². The Morgan fingerprint density at radius 3 is 2.45 bits per heavy atom. The lowest BCUT2D eigenvalue weighted by molar-refractivity contribution is -0.138. The molecule has 0 unspecified atom stereocenters. The third kappa shape index (κ3) is 4.10. The molecule has 0 saturated carbocycles. The molecule has 2 aromatic carbocycles. The average molecular weight is 439 g/mol. The van der Waals surface area contributed by atoms with Gasteiger partial charge >= 0.3 is 0 Å². The van der Waals surface area contributed by atoms with E-state index in [4.69, 9.17) is 16.3 Å². The van der Waals surface area contributed by atoms with Gasteiger partial charge in [0.1, 0.15) is 18.2 Å². The molecule has 9 heteroatoms. The highest BCUT2D eigenvalue weighted by Crippen LogP contribution is 2.31. The monoisotopic (exact) mass is 438 g/mol. The largest absolute Gasteiger partial charge is 0.492 e. The van der Waals surface area contributed by atoms with Crippen LogP contribution in [-0.4, -0.2) is 56.3 Å². The van der Waals surface area contributed by atoms with Gasteiger partial charge < -0.3 is 9.64 Å². The molecule has 2 heterocycles. The van der Waals surface area contributed by atoms with E-state index in [0.717, 1.165) is 23.4 Å². The van der Waals surface area contributed by atoms with Gasteiger partial charge in [-0.25, -0.2) is 12.8 Å². The van der Waals surface area contributed by atoms with Crippen molar-refractivity contribution in [3.05, 3.63) is 58.9 Å². The SMILES string of the molecule is O=C([C@H]1COc2ccc(Cl)cc2C1)N1CCN(S(=O)(=O)c2ccc(F)cc2)CC1. The number of amides is 1. The lowest BCUT2D eigenvalue weighted by Gasteiger charge is -2.36. The smallest absolute Gasteiger partial charge is 0.243 e. The van der Waals surface area contributed by atoms with Crippen LogP contribution in [-0.2, 0) is 21.2 Å². The van der Waals surface area contributed by atoms with Crippen molar-refractivity contribution >= 4 is 27.5 Å². The molecular weight excluding hydrogens is 419 g/mol. The quantitative estimate of drug-likeness (QED) is 0.738. The Hall–Kier alpha value is -2.16. The summed E-state index contributed by atoms with van der Waals surface area (Å²) in [5, 5.41) is 0.597. The maximum Gasteiger partial charge on any atom is 0.243 e. The summed E-state index contributed by atoms with van der Waals surface area (Å²) in [6, 6.07) is 10.1. The van der Waals surface area contributed by atoms with E-state index in [-0.39, 0.29) is 29.8 Å². The first kappa shape index (κ1) is 20.1. The first-order chi connectivity index (χ1) is 13.8. The van der Waals surface area contributed by atoms with Crippen molar-refractivity contribution in [2.75, 3.05) is 32.8 Å². The highest BCUT2D eigenvalue weighted by molar-refractivity contribution is 7.89. The van der Waals surface area contributed by atoms with Crippen molar-refractivity contribution in [2.24, 2.45) is 5.92 Å². The van der Waals surface area contributed by atoms with E-state index in [1.54, 1.807) is 17.0 Å². The molecule has 154 valence electrons. The van der Waals surface area contributed by atoms with Crippen molar-refractivity contribution in [1.29, 1.82) is 0 Å². The number of halogens is 2. The first-order valence-corrected chi connectivity index (χ1v) is 11.1. The molecule has 4 rings (SSSR count). The van der Waals surface area contributed by atoms with Gasteiger partial charge in [0.25, 0.3) is 0 Å². The van der Waals surface area contributed by atoms with Crippen molar-refractivity contribution in [3.8, 4) is 5.75 Å². The number of carbonyl (C=O) groups is 1. The van der Waals surface area contributed by atoms with Crippen LogP contribution < -0.4 is 4.74 Å². The van der Waals surface area contributed by atoms with E-state index in [9.17, 15) is 17.6 Å². The second kappa shape index (κ2) is 7.93. The van der Waals surface area contributed by atoms with E-state index in [1.165, 1.54) is 16.4 Å². The summed E-state index contributed by atoms with van der Waals surface area (Å²) in [5.41, 5.74) is 0.902. The van der Waals surface area contributed by atoms with Gasteiger partial charge in [0.15, 0.2) is 0 Å². The first-order valence-electron chi connectivity index (χ1n) is 9.30. The van der Waals surface area contributed by atoms with Crippen LogP contribution in [0.2, 0.25) is 5.02 Å². The molecule has 1 amide bonds. The molecule has 1 atom stereocenters. The zero-order valence-electron chi connectivity index (χ0n) is 15.6. The maximum absolute atomic E-state index is 13.1. The van der Waals surface area contributed by atoms with E-state index in [0.29, 0.717) is 31.1 Å². The Bertz CT molecular complexity index is 1020. The molecule has 2 aliphatic heterocycles. The number of hydrogen-bond donors (Lipinski definition) is 0. The van der Waals surface area contributed by atoms with Crippen LogP contribution >= 0.6 is 11.6 Å². The van der Waals surface area contributed by atoms with Gasteiger partial charge in [0.2, 0.25) is 15.9 Å². The van der Waals surface area contributed by atoms with E-state index >= 15 is 0 Å². The lowest BCUT2D eigenvalue weighted by Crippen LogP contribution is -2.52.